The van der Waals surface area contributed by atoms with Crippen molar-refractivity contribution >= 4 is 36.7 Å². The van der Waals surface area contributed by atoms with Gasteiger partial charge in [0.25, 0.3) is 5.91 Å². The monoisotopic (exact) mass is 375 g/mol. The average molecular weight is 376 g/mol. The number of nitrogens with zero attached hydrogens (tertiary/aromatic N) is 4. The van der Waals surface area contributed by atoms with Gasteiger partial charge >= 0.3 is 0 Å². The molecule has 1 aromatic heterocycles. The van der Waals surface area contributed by atoms with E-state index in [0.717, 1.165) is 19.5 Å². The first kappa shape index (κ1) is 20.9. The molecule has 136 valence electrons. The largest absolute Gasteiger partial charge is 0.341 e. The second-order valence-corrected chi connectivity index (χ2v) is 7.05. The summed E-state index contributed by atoms with van der Waals surface area (Å²) in [6.07, 6.45) is 4.86. The summed E-state index contributed by atoms with van der Waals surface area (Å²) in [6.45, 7) is 7.56. The van der Waals surface area contributed by atoms with E-state index < -0.39 is 0 Å². The molecule has 3 rings (SSSR count). The molecule has 0 spiro atoms. The van der Waals surface area contributed by atoms with E-state index in [1.807, 2.05) is 4.90 Å². The summed E-state index contributed by atoms with van der Waals surface area (Å²) in [7, 11) is 0. The molecule has 1 amide bonds. The van der Waals surface area contributed by atoms with Crippen LogP contribution < -0.4 is 10.6 Å². The molecule has 1 aromatic rings. The number of hydrogen-bond acceptors (Lipinski definition) is 5. The molecule has 1 atom stereocenters. The highest BCUT2D eigenvalue weighted by Crippen LogP contribution is 2.28. The fourth-order valence-electron chi connectivity index (χ4n) is 3.25. The van der Waals surface area contributed by atoms with E-state index in [9.17, 15) is 4.79 Å². The number of aromatic nitrogens is 2. The normalized spacial score (nSPS) is 22.5. The lowest BCUT2D eigenvalue weighted by atomic mass is 9.79. The minimum absolute atomic E-state index is 0. The summed E-state index contributed by atoms with van der Waals surface area (Å²) in [5.41, 5.74) is 6.58. The van der Waals surface area contributed by atoms with Crippen molar-refractivity contribution in [1.82, 2.24) is 14.9 Å². The van der Waals surface area contributed by atoms with Gasteiger partial charge < -0.3 is 15.5 Å². The molecule has 2 saturated heterocycles. The third-order valence-electron chi connectivity index (χ3n) is 4.85. The number of rotatable bonds is 2. The molecule has 3 heterocycles. The molecule has 6 nitrogen and oxygen atoms in total. The first-order chi connectivity index (χ1) is 10.5. The fourth-order valence-corrected chi connectivity index (χ4v) is 3.25. The van der Waals surface area contributed by atoms with Crippen molar-refractivity contribution in [1.29, 1.82) is 0 Å². The molecule has 24 heavy (non-hydrogen) atoms. The standard InChI is InChI=1S/C16H25N5O.2ClH/c1-16(2)11-21(10-6-13(16)17)14(22)12-5-7-18-15(19-12)20-8-3-4-9-20;;/h5,7,13H,3-4,6,8-11,17H2,1-2H3;2*1H. The smallest absolute Gasteiger partial charge is 0.272 e. The van der Waals surface area contributed by atoms with Crippen LogP contribution in [0.1, 0.15) is 43.6 Å². The molecular weight excluding hydrogens is 349 g/mol. The maximum absolute atomic E-state index is 12.7. The Morgan fingerprint density at radius 2 is 1.92 bits per heavy atom. The van der Waals surface area contributed by atoms with Gasteiger partial charge in [-0.1, -0.05) is 13.8 Å². The van der Waals surface area contributed by atoms with E-state index >= 15 is 0 Å². The SMILES string of the molecule is CC1(C)CN(C(=O)c2ccnc(N3CCCC3)n2)CCC1N.Cl.Cl. The minimum Gasteiger partial charge on any atom is -0.341 e. The summed E-state index contributed by atoms with van der Waals surface area (Å²) in [6, 6.07) is 1.85. The van der Waals surface area contributed by atoms with Gasteiger partial charge in [0.05, 0.1) is 0 Å². The van der Waals surface area contributed by atoms with Crippen molar-refractivity contribution < 1.29 is 4.79 Å². The predicted molar refractivity (Wildman–Crippen MR) is 100 cm³/mol. The van der Waals surface area contributed by atoms with Gasteiger partial charge in [-0.3, -0.25) is 4.79 Å². The molecular formula is C16H27Cl2N5O. The van der Waals surface area contributed by atoms with Crippen LogP contribution in [0.3, 0.4) is 0 Å². The molecule has 8 heteroatoms. The van der Waals surface area contributed by atoms with Gasteiger partial charge in [-0.25, -0.2) is 9.97 Å². The van der Waals surface area contributed by atoms with Crippen LogP contribution in [-0.4, -0.2) is 53.0 Å². The van der Waals surface area contributed by atoms with Gasteiger partial charge in [0.15, 0.2) is 0 Å². The third-order valence-corrected chi connectivity index (χ3v) is 4.85. The summed E-state index contributed by atoms with van der Waals surface area (Å²) in [5, 5.41) is 0. The quantitative estimate of drug-likeness (QED) is 0.856. The van der Waals surface area contributed by atoms with Crippen LogP contribution >= 0.6 is 24.8 Å². The number of carbonyl (C=O) groups excluding carboxylic acids is 1. The van der Waals surface area contributed by atoms with Crippen LogP contribution in [0.15, 0.2) is 12.3 Å². The van der Waals surface area contributed by atoms with Crippen molar-refractivity contribution in [3.8, 4) is 0 Å². The zero-order chi connectivity index (χ0) is 15.7. The number of likely N-dealkylation sites (tertiary alicyclic amines) is 1. The molecule has 0 aromatic carbocycles. The number of piperidine rings is 1. The highest BCUT2D eigenvalue weighted by molar-refractivity contribution is 5.92. The van der Waals surface area contributed by atoms with E-state index in [0.29, 0.717) is 24.7 Å². The van der Waals surface area contributed by atoms with Crippen molar-refractivity contribution in [2.75, 3.05) is 31.1 Å². The van der Waals surface area contributed by atoms with E-state index in [-0.39, 0.29) is 42.2 Å². The van der Waals surface area contributed by atoms with E-state index in [1.165, 1.54) is 12.8 Å². The number of nitrogens with two attached hydrogens (primary N) is 1. The molecule has 0 radical (unpaired) electrons. The average Bonchev–Trinajstić information content (AvgIpc) is 3.04. The number of carbonyl (C=O) groups is 1. The zero-order valence-corrected chi connectivity index (χ0v) is 15.9. The molecule has 2 aliphatic rings. The van der Waals surface area contributed by atoms with Gasteiger partial charge in [-0.05, 0) is 30.7 Å². The van der Waals surface area contributed by atoms with Crippen LogP contribution in [0.4, 0.5) is 5.95 Å². The second kappa shape index (κ2) is 8.32. The molecule has 0 bridgehead atoms. The summed E-state index contributed by atoms with van der Waals surface area (Å²) >= 11 is 0. The third kappa shape index (κ3) is 4.29. The molecule has 0 aliphatic carbocycles. The zero-order valence-electron chi connectivity index (χ0n) is 14.3. The Labute approximate surface area is 156 Å². The van der Waals surface area contributed by atoms with Crippen molar-refractivity contribution in [2.24, 2.45) is 11.1 Å². The molecule has 0 saturated carbocycles. The van der Waals surface area contributed by atoms with E-state index in [1.54, 1.807) is 12.3 Å². The minimum atomic E-state index is -0.0568. The number of hydrogen-bond donors (Lipinski definition) is 1. The number of anilines is 1. The first-order valence-corrected chi connectivity index (χ1v) is 8.10. The maximum atomic E-state index is 12.7. The Morgan fingerprint density at radius 3 is 2.54 bits per heavy atom. The topological polar surface area (TPSA) is 75.4 Å². The lowest BCUT2D eigenvalue weighted by Crippen LogP contribution is -2.54. The van der Waals surface area contributed by atoms with Crippen LogP contribution in [0.2, 0.25) is 0 Å². The van der Waals surface area contributed by atoms with Crippen molar-refractivity contribution in [2.45, 2.75) is 39.2 Å². The highest BCUT2D eigenvalue weighted by atomic mass is 35.5. The summed E-state index contributed by atoms with van der Waals surface area (Å²) in [5.74, 6) is 0.666. The van der Waals surface area contributed by atoms with Gasteiger partial charge in [0, 0.05) is 38.4 Å². The highest BCUT2D eigenvalue weighted by Gasteiger charge is 2.36. The summed E-state index contributed by atoms with van der Waals surface area (Å²) in [4.78, 5) is 25.6. The van der Waals surface area contributed by atoms with Gasteiger partial charge in [-0.2, -0.15) is 0 Å². The second-order valence-electron chi connectivity index (χ2n) is 7.05. The predicted octanol–water partition coefficient (Wildman–Crippen LogP) is 2.12. The molecule has 1 unspecified atom stereocenters. The van der Waals surface area contributed by atoms with Gasteiger partial charge in [-0.15, -0.1) is 24.8 Å². The lowest BCUT2D eigenvalue weighted by molar-refractivity contribution is 0.0527. The Hall–Kier alpha value is -1.11. The Balaban J connectivity index is 0.00000144. The van der Waals surface area contributed by atoms with Crippen molar-refractivity contribution in [3.05, 3.63) is 18.0 Å². The van der Waals surface area contributed by atoms with Gasteiger partial charge in [0.2, 0.25) is 5.95 Å². The fraction of sp³-hybridized carbons (Fsp3) is 0.688. The van der Waals surface area contributed by atoms with Crippen LogP contribution in [0.25, 0.3) is 0 Å². The Kier molecular flexibility index (Phi) is 7.25. The molecule has 2 fully saturated rings. The summed E-state index contributed by atoms with van der Waals surface area (Å²) < 4.78 is 0. The van der Waals surface area contributed by atoms with Gasteiger partial charge in [0.1, 0.15) is 5.69 Å². The maximum Gasteiger partial charge on any atom is 0.272 e. The number of amides is 1. The molecule has 2 aliphatic heterocycles. The van der Waals surface area contributed by atoms with E-state index in [4.69, 9.17) is 5.73 Å². The Bertz CT molecular complexity index is 563. The van der Waals surface area contributed by atoms with E-state index in [2.05, 4.69) is 28.7 Å². The van der Waals surface area contributed by atoms with Crippen LogP contribution in [0, 0.1) is 5.41 Å². The van der Waals surface area contributed by atoms with Crippen LogP contribution in [-0.2, 0) is 0 Å². The Morgan fingerprint density at radius 1 is 1.25 bits per heavy atom. The van der Waals surface area contributed by atoms with Crippen molar-refractivity contribution in [3.63, 3.8) is 0 Å². The lowest BCUT2D eigenvalue weighted by Gasteiger charge is -2.42. The van der Waals surface area contributed by atoms with Crippen LogP contribution in [0.5, 0.6) is 0 Å². The molecule has 2 N–H and O–H groups in total. The number of halogens is 2. The first-order valence-electron chi connectivity index (χ1n) is 8.10.